The average molecular weight is 270 g/mol. The van der Waals surface area contributed by atoms with Gasteiger partial charge in [0, 0.05) is 5.02 Å². The van der Waals surface area contributed by atoms with Crippen molar-refractivity contribution in [1.82, 2.24) is 5.16 Å². The molecule has 2 N–H and O–H groups in total. The van der Waals surface area contributed by atoms with E-state index in [2.05, 4.69) is 15.8 Å². The lowest BCUT2D eigenvalue weighted by atomic mass is 10.3. The summed E-state index contributed by atoms with van der Waals surface area (Å²) in [5.41, 5.74) is 0.452. The molecule has 2 amide bonds. The summed E-state index contributed by atoms with van der Waals surface area (Å²) in [6, 6.07) is 3.37. The maximum Gasteiger partial charge on any atom is 0.323 e. The van der Waals surface area contributed by atoms with Crippen molar-refractivity contribution in [3.63, 3.8) is 0 Å². The molecule has 7 heteroatoms. The molecule has 0 saturated carbocycles. The average Bonchev–Trinajstić information content (AvgIpc) is 2.69. The number of anilines is 2. The number of rotatable bonds is 2. The lowest BCUT2D eigenvalue weighted by molar-refractivity contribution is 0.262. The van der Waals surface area contributed by atoms with Gasteiger partial charge >= 0.3 is 6.03 Å². The SMILES string of the molecule is Cc1oncc1NC(=O)Nc1ccc(Cl)cc1F. The molecule has 0 saturated heterocycles. The predicted octanol–water partition coefficient (Wildman–Crippen LogP) is 3.42. The van der Waals surface area contributed by atoms with Gasteiger partial charge in [0.15, 0.2) is 5.76 Å². The van der Waals surface area contributed by atoms with Crippen molar-refractivity contribution in [3.05, 3.63) is 41.0 Å². The third-order valence-corrected chi connectivity index (χ3v) is 2.41. The Hall–Kier alpha value is -2.08. The molecule has 0 radical (unpaired) electrons. The standard InChI is InChI=1S/C11H9ClFN3O2/c1-6-10(5-14-18-6)16-11(17)15-9-3-2-7(12)4-8(9)13/h2-5H,1H3,(H2,15,16,17). The molecule has 0 fully saturated rings. The normalized spacial score (nSPS) is 10.2. The van der Waals surface area contributed by atoms with Crippen LogP contribution in [0.5, 0.6) is 0 Å². The molecule has 0 unspecified atom stereocenters. The van der Waals surface area contributed by atoms with Gasteiger partial charge in [0.25, 0.3) is 0 Å². The van der Waals surface area contributed by atoms with E-state index in [4.69, 9.17) is 16.1 Å². The van der Waals surface area contributed by atoms with Gasteiger partial charge in [-0.05, 0) is 25.1 Å². The first-order valence-electron chi connectivity index (χ1n) is 5.00. The number of benzene rings is 1. The minimum Gasteiger partial charge on any atom is -0.359 e. The second kappa shape index (κ2) is 5.05. The van der Waals surface area contributed by atoms with Gasteiger partial charge < -0.3 is 15.2 Å². The van der Waals surface area contributed by atoms with Crippen LogP contribution in [0, 0.1) is 12.7 Å². The molecule has 0 atom stereocenters. The zero-order valence-electron chi connectivity index (χ0n) is 9.33. The van der Waals surface area contributed by atoms with E-state index in [9.17, 15) is 9.18 Å². The molecule has 2 rings (SSSR count). The monoisotopic (exact) mass is 269 g/mol. The predicted molar refractivity (Wildman–Crippen MR) is 65.3 cm³/mol. The van der Waals surface area contributed by atoms with Crippen molar-refractivity contribution in [2.75, 3.05) is 10.6 Å². The largest absolute Gasteiger partial charge is 0.359 e. The summed E-state index contributed by atoms with van der Waals surface area (Å²) < 4.78 is 18.2. The second-order valence-corrected chi connectivity index (χ2v) is 3.94. The first-order valence-corrected chi connectivity index (χ1v) is 5.38. The van der Waals surface area contributed by atoms with Crippen LogP contribution in [0.25, 0.3) is 0 Å². The molecule has 0 aliphatic carbocycles. The van der Waals surface area contributed by atoms with Gasteiger partial charge in [-0.1, -0.05) is 16.8 Å². The molecule has 0 aliphatic heterocycles. The van der Waals surface area contributed by atoms with Gasteiger partial charge in [0.2, 0.25) is 0 Å². The van der Waals surface area contributed by atoms with Crippen LogP contribution in [0.1, 0.15) is 5.76 Å². The molecular weight excluding hydrogens is 261 g/mol. The molecule has 1 aromatic heterocycles. The first-order chi connectivity index (χ1) is 8.56. The third-order valence-electron chi connectivity index (χ3n) is 2.18. The van der Waals surface area contributed by atoms with Gasteiger partial charge in [-0.15, -0.1) is 0 Å². The van der Waals surface area contributed by atoms with Crippen LogP contribution in [-0.4, -0.2) is 11.2 Å². The van der Waals surface area contributed by atoms with E-state index in [-0.39, 0.29) is 10.7 Å². The summed E-state index contributed by atoms with van der Waals surface area (Å²) in [4.78, 5) is 11.6. The summed E-state index contributed by atoms with van der Waals surface area (Å²) in [5.74, 6) is -0.151. The lowest BCUT2D eigenvalue weighted by Gasteiger charge is -2.07. The number of nitrogens with one attached hydrogen (secondary N) is 2. The van der Waals surface area contributed by atoms with Crippen molar-refractivity contribution in [1.29, 1.82) is 0 Å². The number of aromatic nitrogens is 1. The molecule has 5 nitrogen and oxygen atoms in total. The highest BCUT2D eigenvalue weighted by molar-refractivity contribution is 6.30. The van der Waals surface area contributed by atoms with E-state index < -0.39 is 11.8 Å². The number of urea groups is 1. The highest BCUT2D eigenvalue weighted by Gasteiger charge is 2.10. The van der Waals surface area contributed by atoms with Crippen LogP contribution in [0.4, 0.5) is 20.6 Å². The molecule has 18 heavy (non-hydrogen) atoms. The van der Waals surface area contributed by atoms with Crippen LogP contribution < -0.4 is 10.6 Å². The molecule has 94 valence electrons. The second-order valence-electron chi connectivity index (χ2n) is 3.50. The van der Waals surface area contributed by atoms with Crippen LogP contribution in [0.2, 0.25) is 5.02 Å². The summed E-state index contributed by atoms with van der Waals surface area (Å²) >= 11 is 5.60. The number of carbonyl (C=O) groups excluding carboxylic acids is 1. The van der Waals surface area contributed by atoms with Gasteiger partial charge in [0.1, 0.15) is 11.5 Å². The molecular formula is C11H9ClFN3O2. The van der Waals surface area contributed by atoms with E-state index in [1.807, 2.05) is 0 Å². The lowest BCUT2D eigenvalue weighted by Crippen LogP contribution is -2.20. The highest BCUT2D eigenvalue weighted by atomic mass is 35.5. The Labute approximate surface area is 107 Å². The zero-order valence-corrected chi connectivity index (χ0v) is 10.1. The summed E-state index contributed by atoms with van der Waals surface area (Å²) in [5, 5.41) is 8.58. The summed E-state index contributed by atoms with van der Waals surface area (Å²) in [6.07, 6.45) is 1.35. The van der Waals surface area contributed by atoms with Crippen molar-refractivity contribution >= 4 is 29.0 Å². The van der Waals surface area contributed by atoms with E-state index in [0.29, 0.717) is 11.4 Å². The molecule has 1 heterocycles. The number of aryl methyl sites for hydroxylation is 1. The minimum atomic E-state index is -0.611. The van der Waals surface area contributed by atoms with Crippen molar-refractivity contribution in [3.8, 4) is 0 Å². The van der Waals surface area contributed by atoms with Crippen molar-refractivity contribution in [2.24, 2.45) is 0 Å². The summed E-state index contributed by atoms with van der Waals surface area (Å²) in [7, 11) is 0. The third kappa shape index (κ3) is 2.78. The Morgan fingerprint density at radius 2 is 2.11 bits per heavy atom. The Bertz CT molecular complexity index is 585. The van der Waals surface area contributed by atoms with E-state index >= 15 is 0 Å². The Balaban J connectivity index is 2.05. The van der Waals surface area contributed by atoms with Gasteiger partial charge in [-0.3, -0.25) is 0 Å². The maximum absolute atomic E-state index is 13.4. The number of nitrogens with zero attached hydrogens (tertiary/aromatic N) is 1. The van der Waals surface area contributed by atoms with Crippen LogP contribution >= 0.6 is 11.6 Å². The Kier molecular flexibility index (Phi) is 3.47. The minimum absolute atomic E-state index is 0.0333. The highest BCUT2D eigenvalue weighted by Crippen LogP contribution is 2.19. The van der Waals surface area contributed by atoms with Crippen LogP contribution in [0.15, 0.2) is 28.9 Å². The molecule has 0 bridgehead atoms. The van der Waals surface area contributed by atoms with E-state index in [1.165, 1.54) is 18.3 Å². The van der Waals surface area contributed by atoms with Crippen LogP contribution in [0.3, 0.4) is 0 Å². The van der Waals surface area contributed by atoms with Crippen LogP contribution in [-0.2, 0) is 0 Å². The maximum atomic E-state index is 13.4. The van der Waals surface area contributed by atoms with Gasteiger partial charge in [-0.2, -0.15) is 0 Å². The molecule has 0 aliphatic rings. The van der Waals surface area contributed by atoms with Gasteiger partial charge in [0.05, 0.1) is 11.9 Å². The smallest absolute Gasteiger partial charge is 0.323 e. The fourth-order valence-corrected chi connectivity index (χ4v) is 1.44. The first kappa shape index (κ1) is 12.4. The van der Waals surface area contributed by atoms with Gasteiger partial charge in [-0.25, -0.2) is 9.18 Å². The van der Waals surface area contributed by atoms with Crippen molar-refractivity contribution in [2.45, 2.75) is 6.92 Å². The van der Waals surface area contributed by atoms with E-state index in [0.717, 1.165) is 6.07 Å². The molecule has 2 aromatic rings. The number of hydrogen-bond donors (Lipinski definition) is 2. The fourth-order valence-electron chi connectivity index (χ4n) is 1.29. The van der Waals surface area contributed by atoms with Crippen molar-refractivity contribution < 1.29 is 13.7 Å². The number of amides is 2. The Morgan fingerprint density at radius 1 is 1.39 bits per heavy atom. The molecule has 1 aromatic carbocycles. The molecule has 0 spiro atoms. The number of halogens is 2. The quantitative estimate of drug-likeness (QED) is 0.878. The fraction of sp³-hybridized carbons (Fsp3) is 0.0909. The summed E-state index contributed by atoms with van der Waals surface area (Å²) in [6.45, 7) is 1.64. The zero-order chi connectivity index (χ0) is 13.1. The van der Waals surface area contributed by atoms with E-state index in [1.54, 1.807) is 6.92 Å². The topological polar surface area (TPSA) is 67.2 Å². The number of carbonyl (C=O) groups is 1. The Morgan fingerprint density at radius 3 is 2.72 bits per heavy atom. The number of hydrogen-bond acceptors (Lipinski definition) is 3.